The quantitative estimate of drug-likeness (QED) is 0.808. The van der Waals surface area contributed by atoms with Crippen LogP contribution in [0.1, 0.15) is 25.8 Å². The number of rotatable bonds is 5. The highest BCUT2D eigenvalue weighted by Gasteiger charge is 2.29. The van der Waals surface area contributed by atoms with E-state index in [9.17, 15) is 9.59 Å². The molecule has 17 heavy (non-hydrogen) atoms. The Morgan fingerprint density at radius 2 is 2.12 bits per heavy atom. The molecular formula is C12H18N2O3. The summed E-state index contributed by atoms with van der Waals surface area (Å²) in [5, 5.41) is 11.6. The maximum atomic E-state index is 11.6. The fraction of sp³-hybridized carbons (Fsp3) is 0.500. The van der Waals surface area contributed by atoms with Gasteiger partial charge in [-0.25, -0.2) is 0 Å². The van der Waals surface area contributed by atoms with Gasteiger partial charge in [0.25, 0.3) is 0 Å². The highest BCUT2D eigenvalue weighted by Crippen LogP contribution is 2.20. The number of nitrogens with zero attached hydrogens (tertiary/aromatic N) is 1. The fourth-order valence-corrected chi connectivity index (χ4v) is 1.41. The van der Waals surface area contributed by atoms with Crippen LogP contribution < -0.4 is 5.32 Å². The van der Waals surface area contributed by atoms with Crippen molar-refractivity contribution in [1.29, 1.82) is 0 Å². The van der Waals surface area contributed by atoms with E-state index in [4.69, 9.17) is 5.11 Å². The van der Waals surface area contributed by atoms with Gasteiger partial charge >= 0.3 is 5.97 Å². The van der Waals surface area contributed by atoms with Crippen LogP contribution >= 0.6 is 0 Å². The molecule has 0 radical (unpaired) electrons. The number of carbonyl (C=O) groups excluding carboxylic acids is 1. The van der Waals surface area contributed by atoms with Crippen molar-refractivity contribution in [2.24, 2.45) is 12.5 Å². The van der Waals surface area contributed by atoms with Crippen molar-refractivity contribution >= 4 is 11.9 Å². The van der Waals surface area contributed by atoms with E-state index in [0.29, 0.717) is 6.54 Å². The molecule has 0 aliphatic carbocycles. The van der Waals surface area contributed by atoms with Gasteiger partial charge in [0, 0.05) is 32.4 Å². The summed E-state index contributed by atoms with van der Waals surface area (Å²) in [6.45, 7) is 3.50. The summed E-state index contributed by atoms with van der Waals surface area (Å²) in [7, 11) is 1.90. The van der Waals surface area contributed by atoms with Crippen molar-refractivity contribution in [3.63, 3.8) is 0 Å². The molecule has 1 aromatic heterocycles. The third-order valence-electron chi connectivity index (χ3n) is 2.56. The van der Waals surface area contributed by atoms with Gasteiger partial charge in [-0.3, -0.25) is 9.59 Å². The molecule has 0 atom stereocenters. The largest absolute Gasteiger partial charge is 0.481 e. The predicted molar refractivity (Wildman–Crippen MR) is 63.3 cm³/mol. The van der Waals surface area contributed by atoms with Crippen molar-refractivity contribution < 1.29 is 14.7 Å². The summed E-state index contributed by atoms with van der Waals surface area (Å²) in [6.07, 6.45) is 3.78. The molecule has 0 saturated carbocycles. The van der Waals surface area contributed by atoms with E-state index in [-0.39, 0.29) is 12.3 Å². The Morgan fingerprint density at radius 3 is 2.59 bits per heavy atom. The molecule has 0 saturated heterocycles. The van der Waals surface area contributed by atoms with Gasteiger partial charge in [-0.05, 0) is 25.5 Å². The first-order chi connectivity index (χ1) is 7.81. The van der Waals surface area contributed by atoms with E-state index < -0.39 is 11.4 Å². The number of nitrogens with one attached hydrogen (secondary N) is 1. The Labute approximate surface area is 100 Å². The van der Waals surface area contributed by atoms with E-state index >= 15 is 0 Å². The van der Waals surface area contributed by atoms with Crippen LogP contribution in [-0.4, -0.2) is 21.6 Å². The second-order valence-corrected chi connectivity index (χ2v) is 4.83. The number of aromatic nitrogens is 1. The fourth-order valence-electron chi connectivity index (χ4n) is 1.41. The van der Waals surface area contributed by atoms with Crippen LogP contribution in [0, 0.1) is 5.41 Å². The monoisotopic (exact) mass is 238 g/mol. The van der Waals surface area contributed by atoms with Crippen LogP contribution in [0.15, 0.2) is 18.5 Å². The molecule has 0 bridgehead atoms. The predicted octanol–water partition coefficient (Wildman–Crippen LogP) is 1.14. The standard InChI is InChI=1S/C12H18N2O3/c1-12(2,11(16)17)6-10(15)13-7-9-4-5-14(3)8-9/h4-5,8H,6-7H2,1-3H3,(H,13,15)(H,16,17). The summed E-state index contributed by atoms with van der Waals surface area (Å²) < 4.78 is 1.89. The molecular weight excluding hydrogens is 220 g/mol. The normalized spacial score (nSPS) is 11.2. The van der Waals surface area contributed by atoms with Crippen molar-refractivity contribution in [3.8, 4) is 0 Å². The number of hydrogen-bond acceptors (Lipinski definition) is 2. The van der Waals surface area contributed by atoms with Gasteiger partial charge in [-0.1, -0.05) is 0 Å². The van der Waals surface area contributed by atoms with Gasteiger partial charge in [0.15, 0.2) is 0 Å². The summed E-state index contributed by atoms with van der Waals surface area (Å²) in [5.74, 6) is -1.21. The van der Waals surface area contributed by atoms with Gasteiger partial charge in [0.2, 0.25) is 5.91 Å². The second-order valence-electron chi connectivity index (χ2n) is 4.83. The molecule has 5 nitrogen and oxygen atoms in total. The molecule has 1 rings (SSSR count). The van der Waals surface area contributed by atoms with E-state index in [1.165, 1.54) is 13.8 Å². The Bertz CT molecular complexity index is 421. The van der Waals surface area contributed by atoms with Crippen LogP contribution in [0.25, 0.3) is 0 Å². The molecule has 0 spiro atoms. The molecule has 94 valence electrons. The maximum absolute atomic E-state index is 11.6. The van der Waals surface area contributed by atoms with E-state index in [2.05, 4.69) is 5.32 Å². The number of aliphatic carboxylic acids is 1. The van der Waals surface area contributed by atoms with Gasteiger partial charge in [-0.2, -0.15) is 0 Å². The van der Waals surface area contributed by atoms with Gasteiger partial charge < -0.3 is 15.0 Å². The Balaban J connectivity index is 2.43. The Hall–Kier alpha value is -1.78. The molecule has 0 aliphatic heterocycles. The van der Waals surface area contributed by atoms with E-state index in [1.807, 2.05) is 30.1 Å². The lowest BCUT2D eigenvalue weighted by molar-refractivity contribution is -0.149. The van der Waals surface area contributed by atoms with Gasteiger partial charge in [0.05, 0.1) is 5.41 Å². The average molecular weight is 238 g/mol. The zero-order valence-electron chi connectivity index (χ0n) is 10.4. The minimum atomic E-state index is -1.03. The molecule has 1 heterocycles. The molecule has 0 unspecified atom stereocenters. The molecule has 0 aliphatic rings. The lowest BCUT2D eigenvalue weighted by atomic mass is 9.89. The summed E-state index contributed by atoms with van der Waals surface area (Å²) in [5.41, 5.74) is -0.0326. The SMILES string of the molecule is Cn1ccc(CNC(=O)CC(C)(C)C(=O)O)c1. The van der Waals surface area contributed by atoms with Crippen molar-refractivity contribution in [2.45, 2.75) is 26.8 Å². The Morgan fingerprint density at radius 1 is 1.47 bits per heavy atom. The lowest BCUT2D eigenvalue weighted by Gasteiger charge is -2.17. The zero-order valence-corrected chi connectivity index (χ0v) is 10.4. The first-order valence-electron chi connectivity index (χ1n) is 5.42. The van der Waals surface area contributed by atoms with Crippen LogP contribution in [0.4, 0.5) is 0 Å². The number of carboxylic acid groups (broad SMARTS) is 1. The topological polar surface area (TPSA) is 71.3 Å². The van der Waals surface area contributed by atoms with E-state index in [1.54, 1.807) is 0 Å². The molecule has 0 aromatic carbocycles. The summed E-state index contributed by atoms with van der Waals surface area (Å²) in [4.78, 5) is 22.4. The molecule has 1 amide bonds. The second kappa shape index (κ2) is 5.03. The minimum absolute atomic E-state index is 0.0187. The number of carboxylic acids is 1. The van der Waals surface area contributed by atoms with Crippen LogP contribution in [0.2, 0.25) is 0 Å². The van der Waals surface area contributed by atoms with Gasteiger partial charge in [0.1, 0.15) is 0 Å². The number of hydrogen-bond donors (Lipinski definition) is 2. The van der Waals surface area contributed by atoms with Gasteiger partial charge in [-0.15, -0.1) is 0 Å². The van der Waals surface area contributed by atoms with E-state index in [0.717, 1.165) is 5.56 Å². The molecule has 0 fully saturated rings. The van der Waals surface area contributed by atoms with Crippen LogP contribution in [0.5, 0.6) is 0 Å². The first-order valence-corrected chi connectivity index (χ1v) is 5.42. The van der Waals surface area contributed by atoms with Crippen molar-refractivity contribution in [2.75, 3.05) is 0 Å². The first kappa shape index (κ1) is 13.3. The molecule has 5 heteroatoms. The minimum Gasteiger partial charge on any atom is -0.481 e. The summed E-state index contributed by atoms with van der Waals surface area (Å²) >= 11 is 0. The average Bonchev–Trinajstić information content (AvgIpc) is 2.60. The Kier molecular flexibility index (Phi) is 3.93. The number of aryl methyl sites for hydroxylation is 1. The molecule has 2 N–H and O–H groups in total. The smallest absolute Gasteiger partial charge is 0.309 e. The highest BCUT2D eigenvalue weighted by atomic mass is 16.4. The number of amides is 1. The van der Waals surface area contributed by atoms with Crippen molar-refractivity contribution in [3.05, 3.63) is 24.0 Å². The highest BCUT2D eigenvalue weighted by molar-refractivity contribution is 5.84. The zero-order chi connectivity index (χ0) is 13.1. The third kappa shape index (κ3) is 3.94. The number of carbonyl (C=O) groups is 2. The third-order valence-corrected chi connectivity index (χ3v) is 2.56. The van der Waals surface area contributed by atoms with Crippen LogP contribution in [0.3, 0.4) is 0 Å². The maximum Gasteiger partial charge on any atom is 0.309 e. The van der Waals surface area contributed by atoms with Crippen molar-refractivity contribution in [1.82, 2.24) is 9.88 Å². The lowest BCUT2D eigenvalue weighted by Crippen LogP contribution is -2.33. The van der Waals surface area contributed by atoms with Crippen LogP contribution in [-0.2, 0) is 23.2 Å². The molecule has 1 aromatic rings. The summed E-state index contributed by atoms with van der Waals surface area (Å²) in [6, 6.07) is 1.91.